The lowest BCUT2D eigenvalue weighted by Gasteiger charge is -2.11. The van der Waals surface area contributed by atoms with Gasteiger partial charge < -0.3 is 20.8 Å². The van der Waals surface area contributed by atoms with E-state index in [0.29, 0.717) is 34.9 Å². The van der Waals surface area contributed by atoms with Gasteiger partial charge >= 0.3 is 0 Å². The van der Waals surface area contributed by atoms with Crippen LogP contribution in [0.25, 0.3) is 0 Å². The molecule has 0 unspecified atom stereocenters. The molecule has 0 radical (unpaired) electrons. The molecule has 0 aliphatic carbocycles. The van der Waals surface area contributed by atoms with Gasteiger partial charge in [-0.1, -0.05) is 0 Å². The summed E-state index contributed by atoms with van der Waals surface area (Å²) in [6.07, 6.45) is 0. The highest BCUT2D eigenvalue weighted by Gasteiger charge is 2.28. The average Bonchev–Trinajstić information content (AvgIpc) is 2.73. The number of amidine groups is 1. The predicted molar refractivity (Wildman–Crippen MR) is 91.9 cm³/mol. The Kier molecular flexibility index (Phi) is 4.97. The van der Waals surface area contributed by atoms with Crippen LogP contribution >= 0.6 is 0 Å². The number of aromatic hydroxyl groups is 1. The summed E-state index contributed by atoms with van der Waals surface area (Å²) in [7, 11) is 3.80. The van der Waals surface area contributed by atoms with Gasteiger partial charge in [-0.15, -0.1) is 0 Å². The molecule has 0 spiro atoms. The molecule has 5 N–H and O–H groups in total. The second kappa shape index (κ2) is 6.76. The number of rotatable bonds is 5. The van der Waals surface area contributed by atoms with Gasteiger partial charge in [0.2, 0.25) is 0 Å². The summed E-state index contributed by atoms with van der Waals surface area (Å²) in [4.78, 5) is 6.41. The van der Waals surface area contributed by atoms with Crippen molar-refractivity contribution in [3.8, 4) is 5.75 Å². The minimum Gasteiger partial charge on any atom is -0.508 e. The zero-order chi connectivity index (χ0) is 17.1. The maximum Gasteiger partial charge on any atom is 0.169 e. The number of nitrogens with zero attached hydrogens (tertiary/aromatic N) is 4. The van der Waals surface area contributed by atoms with E-state index in [1.165, 1.54) is 11.1 Å². The summed E-state index contributed by atoms with van der Waals surface area (Å²) < 4.78 is 0. The summed E-state index contributed by atoms with van der Waals surface area (Å²) in [6, 6.07) is 3.12. The number of hydrogen-bond donors (Lipinski definition) is 4. The predicted octanol–water partition coefficient (Wildman–Crippen LogP) is 0.558. The minimum atomic E-state index is -0.102. The number of hydrogen-bond acceptors (Lipinski definition) is 7. The molecule has 0 bridgehead atoms. The van der Waals surface area contributed by atoms with Crippen molar-refractivity contribution in [2.45, 2.75) is 6.92 Å². The van der Waals surface area contributed by atoms with Crippen molar-refractivity contribution >= 4 is 28.6 Å². The Hall–Kier alpha value is -2.45. The van der Waals surface area contributed by atoms with Gasteiger partial charge in [-0.25, -0.2) is 10.0 Å². The standard InChI is InChI=1S/C15H22N6O2/c1-9-6-11(10(16)7-13(9)23)18-14-12(8-20(2)3)19-21(4-5-22)15(14)17/h6-7,17,22-23H,4-5,8,16H2,1-3H3. The number of phenols is 1. The van der Waals surface area contributed by atoms with E-state index in [0.717, 1.165) is 0 Å². The topological polar surface area (TPSA) is 122 Å². The van der Waals surface area contributed by atoms with E-state index in [-0.39, 0.29) is 24.7 Å². The first-order chi connectivity index (χ1) is 10.8. The van der Waals surface area contributed by atoms with Gasteiger partial charge in [-0.05, 0) is 32.6 Å². The molecule has 0 saturated carbocycles. The largest absolute Gasteiger partial charge is 0.508 e. The Morgan fingerprint density at radius 1 is 1.39 bits per heavy atom. The van der Waals surface area contributed by atoms with Gasteiger partial charge in [-0.3, -0.25) is 5.41 Å². The highest BCUT2D eigenvalue weighted by molar-refractivity contribution is 6.70. The first-order valence-electron chi connectivity index (χ1n) is 7.21. The summed E-state index contributed by atoms with van der Waals surface area (Å²) in [5.74, 6) is 0.234. The monoisotopic (exact) mass is 318 g/mol. The number of phenolic OH excluding ortho intramolecular Hbond substituents is 1. The van der Waals surface area contributed by atoms with Crippen LogP contribution < -0.4 is 5.73 Å². The zero-order valence-corrected chi connectivity index (χ0v) is 13.5. The molecular formula is C15H22N6O2. The number of hydrazone groups is 1. The van der Waals surface area contributed by atoms with Crippen LogP contribution in [0, 0.1) is 12.3 Å². The molecule has 23 heavy (non-hydrogen) atoms. The molecule has 8 heteroatoms. The number of β-amino-alcohol motifs (C(OH)–C–C–N with tert-alkyl or cyclic N) is 1. The number of benzene rings is 1. The third-order valence-electron chi connectivity index (χ3n) is 3.35. The molecule has 0 amide bonds. The lowest BCUT2D eigenvalue weighted by Crippen LogP contribution is -2.32. The van der Waals surface area contributed by atoms with E-state index >= 15 is 0 Å². The van der Waals surface area contributed by atoms with Crippen LogP contribution in [0.15, 0.2) is 22.2 Å². The van der Waals surface area contributed by atoms with Crippen LogP contribution in [0.3, 0.4) is 0 Å². The fraction of sp³-hybridized carbons (Fsp3) is 0.400. The number of nitrogen functional groups attached to an aromatic ring is 1. The Morgan fingerprint density at radius 2 is 2.09 bits per heavy atom. The van der Waals surface area contributed by atoms with E-state index in [9.17, 15) is 5.11 Å². The van der Waals surface area contributed by atoms with Crippen molar-refractivity contribution in [3.63, 3.8) is 0 Å². The van der Waals surface area contributed by atoms with Gasteiger partial charge in [0.15, 0.2) is 5.84 Å². The molecule has 0 atom stereocenters. The molecule has 1 aliphatic heterocycles. The van der Waals surface area contributed by atoms with E-state index in [1.807, 2.05) is 19.0 Å². The van der Waals surface area contributed by atoms with Crippen LogP contribution in [0.5, 0.6) is 5.75 Å². The molecule has 8 nitrogen and oxygen atoms in total. The molecule has 124 valence electrons. The third-order valence-corrected chi connectivity index (χ3v) is 3.35. The molecular weight excluding hydrogens is 296 g/mol. The lowest BCUT2D eigenvalue weighted by atomic mass is 10.1. The molecule has 0 saturated heterocycles. The minimum absolute atomic E-state index is 0.102. The maximum atomic E-state index is 9.68. The number of anilines is 1. The number of nitrogens with two attached hydrogens (primary N) is 1. The van der Waals surface area contributed by atoms with Crippen molar-refractivity contribution in [2.24, 2.45) is 10.1 Å². The van der Waals surface area contributed by atoms with Crippen LogP contribution in [0.1, 0.15) is 5.56 Å². The van der Waals surface area contributed by atoms with Crippen molar-refractivity contribution in [1.29, 1.82) is 5.41 Å². The van der Waals surface area contributed by atoms with E-state index in [2.05, 4.69) is 10.1 Å². The van der Waals surface area contributed by atoms with Crippen LogP contribution in [-0.2, 0) is 0 Å². The molecule has 0 aromatic heterocycles. The second-order valence-corrected chi connectivity index (χ2v) is 5.64. The smallest absolute Gasteiger partial charge is 0.169 e. The fourth-order valence-corrected chi connectivity index (χ4v) is 2.20. The van der Waals surface area contributed by atoms with Gasteiger partial charge in [0.1, 0.15) is 17.2 Å². The van der Waals surface area contributed by atoms with Crippen LogP contribution in [0.2, 0.25) is 0 Å². The van der Waals surface area contributed by atoms with Crippen LogP contribution in [0.4, 0.5) is 11.4 Å². The van der Waals surface area contributed by atoms with E-state index < -0.39 is 0 Å². The maximum absolute atomic E-state index is 9.68. The normalized spacial score (nSPS) is 16.6. The number of aliphatic hydroxyl groups excluding tert-OH is 1. The summed E-state index contributed by atoms with van der Waals surface area (Å²) in [5, 5.41) is 32.8. The number of aliphatic imine (C=N–C) groups is 1. The fourth-order valence-electron chi connectivity index (χ4n) is 2.20. The van der Waals surface area contributed by atoms with Gasteiger partial charge in [0.05, 0.1) is 24.5 Å². The quantitative estimate of drug-likeness (QED) is 0.591. The van der Waals surface area contributed by atoms with Crippen molar-refractivity contribution in [3.05, 3.63) is 17.7 Å². The Balaban J connectivity index is 2.44. The summed E-state index contributed by atoms with van der Waals surface area (Å²) >= 11 is 0. The van der Waals surface area contributed by atoms with Crippen molar-refractivity contribution in [1.82, 2.24) is 9.91 Å². The zero-order valence-electron chi connectivity index (χ0n) is 13.5. The first kappa shape index (κ1) is 16.9. The molecule has 2 rings (SSSR count). The molecule has 0 fully saturated rings. The third kappa shape index (κ3) is 3.66. The van der Waals surface area contributed by atoms with Crippen molar-refractivity contribution < 1.29 is 10.2 Å². The second-order valence-electron chi connectivity index (χ2n) is 5.64. The summed E-state index contributed by atoms with van der Waals surface area (Å²) in [5.41, 5.74) is 8.44. The highest BCUT2D eigenvalue weighted by Crippen LogP contribution is 2.30. The Bertz CT molecular complexity index is 681. The lowest BCUT2D eigenvalue weighted by molar-refractivity contribution is 0.254. The molecule has 1 heterocycles. The SMILES string of the molecule is Cc1cc(N=C2C(=N)N(CCO)N=C2CN(C)C)c(N)cc1O. The summed E-state index contributed by atoms with van der Waals surface area (Å²) in [6.45, 7) is 2.40. The van der Waals surface area contributed by atoms with Gasteiger partial charge in [-0.2, -0.15) is 5.10 Å². The number of aryl methyl sites for hydroxylation is 1. The van der Waals surface area contributed by atoms with E-state index in [4.69, 9.17) is 16.2 Å². The highest BCUT2D eigenvalue weighted by atomic mass is 16.3. The van der Waals surface area contributed by atoms with Crippen LogP contribution in [-0.4, -0.2) is 71.2 Å². The molecule has 1 aromatic rings. The van der Waals surface area contributed by atoms with Gasteiger partial charge in [0, 0.05) is 12.6 Å². The number of aliphatic hydroxyl groups is 1. The number of nitrogens with one attached hydrogen (secondary N) is 1. The first-order valence-corrected chi connectivity index (χ1v) is 7.21. The average molecular weight is 318 g/mol. The Morgan fingerprint density at radius 3 is 2.70 bits per heavy atom. The van der Waals surface area contributed by atoms with Gasteiger partial charge in [0.25, 0.3) is 0 Å². The molecule has 1 aliphatic rings. The van der Waals surface area contributed by atoms with E-state index in [1.54, 1.807) is 13.0 Å². The Labute approximate surface area is 135 Å². The van der Waals surface area contributed by atoms with Crippen molar-refractivity contribution in [2.75, 3.05) is 39.5 Å². The molecule has 1 aromatic carbocycles.